The normalized spacial score (nSPS) is 16.8. The summed E-state index contributed by atoms with van der Waals surface area (Å²) in [6.45, 7) is 0.832. The Kier molecular flexibility index (Phi) is 3.26. The highest BCUT2D eigenvalue weighted by atomic mass is 35.5. The molecule has 0 aliphatic carbocycles. The molecule has 19 heavy (non-hydrogen) atoms. The van der Waals surface area contributed by atoms with E-state index in [9.17, 15) is 4.79 Å². The number of halogens is 1. The minimum Gasteiger partial charge on any atom is -0.384 e. The largest absolute Gasteiger partial charge is 0.384 e. The fourth-order valence-corrected chi connectivity index (χ4v) is 2.64. The van der Waals surface area contributed by atoms with Gasteiger partial charge in [-0.3, -0.25) is 4.79 Å². The summed E-state index contributed by atoms with van der Waals surface area (Å²) < 4.78 is 0. The molecule has 2 nitrogen and oxygen atoms in total. The Morgan fingerprint density at radius 2 is 1.89 bits per heavy atom. The van der Waals surface area contributed by atoms with Crippen molar-refractivity contribution in [3.63, 3.8) is 0 Å². The average molecular weight is 272 g/mol. The Labute approximate surface area is 117 Å². The molecular weight excluding hydrogens is 258 g/mol. The fraction of sp³-hybridized carbons (Fsp3) is 0.188. The molecule has 0 spiro atoms. The van der Waals surface area contributed by atoms with Crippen LogP contribution in [0, 0.1) is 0 Å². The van der Waals surface area contributed by atoms with Gasteiger partial charge in [0.15, 0.2) is 5.78 Å². The van der Waals surface area contributed by atoms with Crippen LogP contribution in [-0.4, -0.2) is 12.3 Å². The van der Waals surface area contributed by atoms with E-state index in [4.69, 9.17) is 11.6 Å². The van der Waals surface area contributed by atoms with Gasteiger partial charge >= 0.3 is 0 Å². The molecule has 96 valence electrons. The van der Waals surface area contributed by atoms with E-state index in [0.717, 1.165) is 17.8 Å². The van der Waals surface area contributed by atoms with Gasteiger partial charge in [-0.15, -0.1) is 0 Å². The number of anilines is 1. The second-order valence-corrected chi connectivity index (χ2v) is 5.24. The van der Waals surface area contributed by atoms with Crippen LogP contribution in [0.4, 0.5) is 5.69 Å². The molecule has 2 aromatic carbocycles. The molecule has 2 aromatic rings. The molecule has 1 heterocycles. The zero-order valence-corrected chi connectivity index (χ0v) is 11.2. The molecule has 1 N–H and O–H groups in total. The number of hydrogen-bond acceptors (Lipinski definition) is 2. The number of carbonyl (C=O) groups excluding carboxylic acids is 1. The van der Waals surface area contributed by atoms with Crippen LogP contribution >= 0.6 is 11.6 Å². The fourth-order valence-electron chi connectivity index (χ4n) is 2.52. The van der Waals surface area contributed by atoms with Crippen LogP contribution in [0.2, 0.25) is 5.02 Å². The van der Waals surface area contributed by atoms with Crippen molar-refractivity contribution < 1.29 is 4.79 Å². The highest BCUT2D eigenvalue weighted by Gasteiger charge is 2.24. The highest BCUT2D eigenvalue weighted by molar-refractivity contribution is 6.30. The van der Waals surface area contributed by atoms with Crippen LogP contribution in [0.15, 0.2) is 48.5 Å². The van der Waals surface area contributed by atoms with Crippen molar-refractivity contribution >= 4 is 23.1 Å². The van der Waals surface area contributed by atoms with Gasteiger partial charge in [0.05, 0.1) is 0 Å². The van der Waals surface area contributed by atoms with Crippen molar-refractivity contribution in [2.24, 2.45) is 0 Å². The second kappa shape index (κ2) is 5.06. The first-order valence-electron chi connectivity index (χ1n) is 6.35. The van der Waals surface area contributed by atoms with Gasteiger partial charge < -0.3 is 5.32 Å². The minimum absolute atomic E-state index is 0.167. The Hall–Kier alpha value is -1.80. The Bertz CT molecular complexity index is 606. The summed E-state index contributed by atoms with van der Waals surface area (Å²) in [6, 6.07) is 15.3. The molecule has 1 atom stereocenters. The van der Waals surface area contributed by atoms with Crippen molar-refractivity contribution in [1.82, 2.24) is 0 Å². The number of ketones is 1. The summed E-state index contributed by atoms with van der Waals surface area (Å²) in [4.78, 5) is 12.3. The summed E-state index contributed by atoms with van der Waals surface area (Å²) in [5, 5.41) is 4.00. The quantitative estimate of drug-likeness (QED) is 0.851. The second-order valence-electron chi connectivity index (χ2n) is 4.80. The summed E-state index contributed by atoms with van der Waals surface area (Å²) >= 11 is 5.83. The number of hydrogen-bond donors (Lipinski definition) is 1. The molecule has 0 amide bonds. The summed E-state index contributed by atoms with van der Waals surface area (Å²) in [6.07, 6.45) is 0.533. The van der Waals surface area contributed by atoms with Gasteiger partial charge in [-0.25, -0.2) is 0 Å². The topological polar surface area (TPSA) is 29.1 Å². The number of nitrogens with one attached hydrogen (secondary N) is 1. The minimum atomic E-state index is 0.167. The molecule has 0 aromatic heterocycles. The first kappa shape index (κ1) is 12.2. The molecule has 3 heteroatoms. The average Bonchev–Trinajstić information content (AvgIpc) is 2.83. The maximum absolute atomic E-state index is 12.3. The lowest BCUT2D eigenvalue weighted by Crippen LogP contribution is -2.09. The van der Waals surface area contributed by atoms with Gasteiger partial charge in [-0.1, -0.05) is 29.8 Å². The summed E-state index contributed by atoms with van der Waals surface area (Å²) in [7, 11) is 0. The van der Waals surface area contributed by atoms with Crippen LogP contribution < -0.4 is 5.32 Å². The number of rotatable bonds is 3. The lowest BCUT2D eigenvalue weighted by atomic mass is 9.93. The Morgan fingerprint density at radius 3 is 2.68 bits per heavy atom. The van der Waals surface area contributed by atoms with Crippen LogP contribution in [0.1, 0.15) is 28.3 Å². The maximum Gasteiger partial charge on any atom is 0.163 e. The molecule has 0 radical (unpaired) electrons. The number of fused-ring (bicyclic) bond motifs is 1. The summed E-state index contributed by atoms with van der Waals surface area (Å²) in [5.74, 6) is 0.430. The monoisotopic (exact) mass is 271 g/mol. The lowest BCUT2D eigenvalue weighted by molar-refractivity contribution is 0.0975. The van der Waals surface area contributed by atoms with Gasteiger partial charge in [0.1, 0.15) is 0 Å². The number of benzene rings is 2. The van der Waals surface area contributed by atoms with E-state index in [1.54, 1.807) is 24.3 Å². The predicted octanol–water partition coefficient (Wildman–Crippen LogP) is 4.12. The lowest BCUT2D eigenvalue weighted by Gasteiger charge is -2.09. The standard InChI is InChI=1S/C16H14ClNO/c17-13-7-5-11(6-8-13)16(19)9-12-10-18-15-4-2-1-3-14(12)15/h1-8,12,18H,9-10H2. The zero-order valence-electron chi connectivity index (χ0n) is 10.4. The smallest absolute Gasteiger partial charge is 0.163 e. The van der Waals surface area contributed by atoms with Crippen LogP contribution in [0.5, 0.6) is 0 Å². The maximum atomic E-state index is 12.3. The van der Waals surface area contributed by atoms with E-state index in [1.165, 1.54) is 5.56 Å². The van der Waals surface area contributed by atoms with Gasteiger partial charge in [-0.2, -0.15) is 0 Å². The molecule has 3 rings (SSSR count). The number of para-hydroxylation sites is 1. The third kappa shape index (κ3) is 2.49. The molecule has 1 unspecified atom stereocenters. The molecule has 1 aliphatic rings. The van der Waals surface area contributed by atoms with Gasteiger partial charge in [0, 0.05) is 35.2 Å². The number of carbonyl (C=O) groups is 1. The van der Waals surface area contributed by atoms with E-state index in [0.29, 0.717) is 11.4 Å². The van der Waals surface area contributed by atoms with E-state index >= 15 is 0 Å². The molecule has 0 saturated heterocycles. The first-order valence-corrected chi connectivity index (χ1v) is 6.73. The highest BCUT2D eigenvalue weighted by Crippen LogP contribution is 2.33. The van der Waals surface area contributed by atoms with Crippen molar-refractivity contribution in [1.29, 1.82) is 0 Å². The molecular formula is C16H14ClNO. The molecule has 0 fully saturated rings. The number of Topliss-reactive ketones (excluding diaryl/α,β-unsaturated/α-hetero) is 1. The van der Waals surface area contributed by atoms with E-state index in [2.05, 4.69) is 17.4 Å². The predicted molar refractivity (Wildman–Crippen MR) is 78.1 cm³/mol. The van der Waals surface area contributed by atoms with Crippen molar-refractivity contribution in [3.8, 4) is 0 Å². The van der Waals surface area contributed by atoms with E-state index in [1.807, 2.05) is 12.1 Å². The third-order valence-electron chi connectivity index (χ3n) is 3.54. The van der Waals surface area contributed by atoms with E-state index in [-0.39, 0.29) is 11.7 Å². The summed E-state index contributed by atoms with van der Waals surface area (Å²) in [5.41, 5.74) is 3.12. The molecule has 0 bridgehead atoms. The first-order chi connectivity index (χ1) is 9.24. The van der Waals surface area contributed by atoms with Gasteiger partial charge in [0.25, 0.3) is 0 Å². The van der Waals surface area contributed by atoms with Crippen molar-refractivity contribution in [2.45, 2.75) is 12.3 Å². The van der Waals surface area contributed by atoms with Crippen molar-refractivity contribution in [2.75, 3.05) is 11.9 Å². The van der Waals surface area contributed by atoms with Crippen LogP contribution in [-0.2, 0) is 0 Å². The van der Waals surface area contributed by atoms with E-state index < -0.39 is 0 Å². The third-order valence-corrected chi connectivity index (χ3v) is 3.79. The Morgan fingerprint density at radius 1 is 1.16 bits per heavy atom. The van der Waals surface area contributed by atoms with Crippen LogP contribution in [0.3, 0.4) is 0 Å². The van der Waals surface area contributed by atoms with Gasteiger partial charge in [0.2, 0.25) is 0 Å². The van der Waals surface area contributed by atoms with Crippen LogP contribution in [0.25, 0.3) is 0 Å². The SMILES string of the molecule is O=C(CC1CNc2ccccc21)c1ccc(Cl)cc1. The van der Waals surface area contributed by atoms with Gasteiger partial charge in [-0.05, 0) is 35.9 Å². The zero-order chi connectivity index (χ0) is 13.2. The van der Waals surface area contributed by atoms with Crippen molar-refractivity contribution in [3.05, 3.63) is 64.7 Å². The molecule has 0 saturated carbocycles. The Balaban J connectivity index is 1.76. The molecule has 1 aliphatic heterocycles.